The van der Waals surface area contributed by atoms with Crippen LogP contribution in [-0.2, 0) is 4.74 Å². The van der Waals surface area contributed by atoms with E-state index in [9.17, 15) is 0 Å². The summed E-state index contributed by atoms with van der Waals surface area (Å²) in [5, 5.41) is 0.730. The first-order valence-corrected chi connectivity index (χ1v) is 7.67. The van der Waals surface area contributed by atoms with Crippen molar-refractivity contribution in [2.45, 2.75) is 25.9 Å². The zero-order chi connectivity index (χ0) is 14.8. The molecule has 1 atom stereocenters. The van der Waals surface area contributed by atoms with Crippen molar-refractivity contribution in [2.24, 2.45) is 0 Å². The third-order valence-electron chi connectivity index (χ3n) is 3.88. The number of hydrogen-bond donors (Lipinski definition) is 1. The van der Waals surface area contributed by atoms with Gasteiger partial charge in [-0.3, -0.25) is 4.90 Å². The molecule has 0 amide bonds. The predicted octanol–water partition coefficient (Wildman–Crippen LogP) is 3.51. The van der Waals surface area contributed by atoms with Crippen molar-refractivity contribution >= 4 is 11.6 Å². The van der Waals surface area contributed by atoms with E-state index in [2.05, 4.69) is 28.7 Å². The topological polar surface area (TPSA) is 41.1 Å². The minimum absolute atomic E-state index is 0.187. The quantitative estimate of drug-likeness (QED) is 0.943. The molecule has 5 heteroatoms. The minimum Gasteiger partial charge on any atom is -0.378 e. The van der Waals surface area contributed by atoms with Gasteiger partial charge in [-0.1, -0.05) is 23.7 Å². The summed E-state index contributed by atoms with van der Waals surface area (Å²) < 4.78 is 5.63. The lowest BCUT2D eigenvalue weighted by Gasteiger charge is -2.37. The van der Waals surface area contributed by atoms with Crippen molar-refractivity contribution in [1.29, 1.82) is 0 Å². The smallest absolute Gasteiger partial charge is 0.126 e. The molecule has 1 aromatic heterocycles. The number of rotatable bonds is 3. The van der Waals surface area contributed by atoms with Crippen molar-refractivity contribution in [3.05, 3.63) is 41.3 Å². The first-order chi connectivity index (χ1) is 10.1. The van der Waals surface area contributed by atoms with Crippen molar-refractivity contribution < 1.29 is 4.74 Å². The highest BCUT2D eigenvalue weighted by atomic mass is 35.5. The van der Waals surface area contributed by atoms with E-state index in [0.29, 0.717) is 12.6 Å². The van der Waals surface area contributed by atoms with Crippen LogP contribution < -0.4 is 0 Å². The average molecular weight is 306 g/mol. The molecule has 3 rings (SSSR count). The summed E-state index contributed by atoms with van der Waals surface area (Å²) in [6, 6.07) is 8.45. The van der Waals surface area contributed by atoms with E-state index in [1.807, 2.05) is 30.5 Å². The third-order valence-corrected chi connectivity index (χ3v) is 4.11. The predicted molar refractivity (Wildman–Crippen MR) is 84.4 cm³/mol. The second-order valence-corrected chi connectivity index (χ2v) is 6.05. The van der Waals surface area contributed by atoms with Crippen LogP contribution in [0.15, 0.2) is 30.5 Å². The maximum absolute atomic E-state index is 6.05. The molecule has 1 aliphatic heterocycles. The largest absolute Gasteiger partial charge is 0.378 e. The molecule has 112 valence electrons. The molecule has 2 heterocycles. The average Bonchev–Trinajstić information content (AvgIpc) is 2.97. The molecule has 1 fully saturated rings. The molecular weight excluding hydrogens is 286 g/mol. The number of halogens is 1. The lowest BCUT2D eigenvalue weighted by Crippen LogP contribution is -2.43. The van der Waals surface area contributed by atoms with Crippen LogP contribution in [0.5, 0.6) is 0 Å². The van der Waals surface area contributed by atoms with Crippen molar-refractivity contribution in [3.8, 4) is 11.3 Å². The fraction of sp³-hybridized carbons (Fsp3) is 0.438. The van der Waals surface area contributed by atoms with Gasteiger partial charge in [-0.25, -0.2) is 4.98 Å². The Bertz CT molecular complexity index is 611. The van der Waals surface area contributed by atoms with Gasteiger partial charge >= 0.3 is 0 Å². The zero-order valence-electron chi connectivity index (χ0n) is 12.3. The highest BCUT2D eigenvalue weighted by Gasteiger charge is 2.28. The number of morpholine rings is 1. The highest BCUT2D eigenvalue weighted by Crippen LogP contribution is 2.27. The molecule has 1 saturated heterocycles. The molecule has 1 aromatic carbocycles. The van der Waals surface area contributed by atoms with Crippen LogP contribution in [0.25, 0.3) is 11.3 Å². The van der Waals surface area contributed by atoms with Crippen molar-refractivity contribution in [2.75, 3.05) is 19.8 Å². The van der Waals surface area contributed by atoms with Crippen LogP contribution in [0.4, 0.5) is 0 Å². The van der Waals surface area contributed by atoms with Gasteiger partial charge in [-0.2, -0.15) is 0 Å². The Kier molecular flexibility index (Phi) is 4.29. The molecule has 1 aliphatic rings. The van der Waals surface area contributed by atoms with E-state index >= 15 is 0 Å². The standard InChI is InChI=1S/C16H20ClN3O/c1-11(2)20-6-7-21-10-15(20)16-18-9-14(19-16)12-4-3-5-13(17)8-12/h3-5,8-9,11,15H,6-7,10H2,1-2H3,(H,18,19). The number of benzene rings is 1. The van der Waals surface area contributed by atoms with Crippen LogP contribution in [-0.4, -0.2) is 40.7 Å². The summed E-state index contributed by atoms with van der Waals surface area (Å²) in [5.41, 5.74) is 2.04. The van der Waals surface area contributed by atoms with Crippen LogP contribution in [0.1, 0.15) is 25.7 Å². The Balaban J connectivity index is 1.87. The van der Waals surface area contributed by atoms with Gasteiger partial charge in [0.1, 0.15) is 5.82 Å². The van der Waals surface area contributed by atoms with Crippen LogP contribution in [0, 0.1) is 0 Å². The van der Waals surface area contributed by atoms with Gasteiger partial charge in [0.25, 0.3) is 0 Å². The minimum atomic E-state index is 0.187. The van der Waals surface area contributed by atoms with Crippen LogP contribution in [0.2, 0.25) is 5.02 Å². The number of aromatic nitrogens is 2. The lowest BCUT2D eigenvalue weighted by molar-refractivity contribution is -0.0262. The summed E-state index contributed by atoms with van der Waals surface area (Å²) >= 11 is 6.05. The zero-order valence-corrected chi connectivity index (χ0v) is 13.1. The Morgan fingerprint density at radius 3 is 3.05 bits per heavy atom. The molecule has 0 spiro atoms. The number of H-pyrrole nitrogens is 1. The third kappa shape index (κ3) is 3.12. The monoisotopic (exact) mass is 305 g/mol. The first kappa shape index (κ1) is 14.6. The molecule has 4 nitrogen and oxygen atoms in total. The van der Waals surface area contributed by atoms with Gasteiger partial charge in [0.2, 0.25) is 0 Å². The lowest BCUT2D eigenvalue weighted by atomic mass is 10.1. The fourth-order valence-electron chi connectivity index (χ4n) is 2.78. The Morgan fingerprint density at radius 2 is 2.29 bits per heavy atom. The van der Waals surface area contributed by atoms with Crippen molar-refractivity contribution in [3.63, 3.8) is 0 Å². The second kappa shape index (κ2) is 6.18. The van der Waals surface area contributed by atoms with Gasteiger partial charge in [0, 0.05) is 23.2 Å². The molecule has 0 saturated carbocycles. The Labute approximate surface area is 130 Å². The molecule has 1 unspecified atom stereocenters. The van der Waals surface area contributed by atoms with Gasteiger partial charge in [0.05, 0.1) is 31.1 Å². The number of nitrogens with zero attached hydrogens (tertiary/aromatic N) is 2. The van der Waals surface area contributed by atoms with Gasteiger partial charge in [-0.15, -0.1) is 0 Å². The van der Waals surface area contributed by atoms with Crippen LogP contribution in [0.3, 0.4) is 0 Å². The molecule has 0 bridgehead atoms. The van der Waals surface area contributed by atoms with Gasteiger partial charge in [0.15, 0.2) is 0 Å². The molecule has 0 radical (unpaired) electrons. The fourth-order valence-corrected chi connectivity index (χ4v) is 2.97. The summed E-state index contributed by atoms with van der Waals surface area (Å²) in [7, 11) is 0. The summed E-state index contributed by atoms with van der Waals surface area (Å²) in [5.74, 6) is 0.957. The molecule has 0 aliphatic carbocycles. The molecule has 1 N–H and O–H groups in total. The molecule has 21 heavy (non-hydrogen) atoms. The highest BCUT2D eigenvalue weighted by molar-refractivity contribution is 6.30. The normalized spacial score (nSPS) is 20.1. The Hall–Kier alpha value is -1.36. The number of ether oxygens (including phenoxy) is 1. The molecular formula is C16H20ClN3O. The summed E-state index contributed by atoms with van der Waals surface area (Å²) in [6.45, 7) is 6.82. The van der Waals surface area contributed by atoms with Crippen molar-refractivity contribution in [1.82, 2.24) is 14.9 Å². The van der Waals surface area contributed by atoms with E-state index < -0.39 is 0 Å². The number of nitrogens with one attached hydrogen (secondary N) is 1. The second-order valence-electron chi connectivity index (χ2n) is 5.61. The van der Waals surface area contributed by atoms with E-state index in [1.165, 1.54) is 0 Å². The SMILES string of the molecule is CC(C)N1CCOCC1c1ncc(-c2cccc(Cl)c2)[nH]1. The van der Waals surface area contributed by atoms with E-state index in [0.717, 1.165) is 35.3 Å². The summed E-state index contributed by atoms with van der Waals surface area (Å²) in [6.07, 6.45) is 1.87. The van der Waals surface area contributed by atoms with E-state index in [4.69, 9.17) is 16.3 Å². The Morgan fingerprint density at radius 1 is 1.43 bits per heavy atom. The maximum atomic E-state index is 6.05. The van der Waals surface area contributed by atoms with E-state index in [1.54, 1.807) is 0 Å². The number of imidazole rings is 1. The van der Waals surface area contributed by atoms with Gasteiger partial charge < -0.3 is 9.72 Å². The first-order valence-electron chi connectivity index (χ1n) is 7.29. The summed E-state index contributed by atoms with van der Waals surface area (Å²) in [4.78, 5) is 10.4. The number of aromatic amines is 1. The molecule has 2 aromatic rings. The van der Waals surface area contributed by atoms with E-state index in [-0.39, 0.29) is 6.04 Å². The van der Waals surface area contributed by atoms with Gasteiger partial charge in [-0.05, 0) is 26.0 Å². The van der Waals surface area contributed by atoms with Crippen LogP contribution >= 0.6 is 11.6 Å². The number of hydrogen-bond acceptors (Lipinski definition) is 3. The maximum Gasteiger partial charge on any atom is 0.126 e.